The van der Waals surface area contributed by atoms with Gasteiger partial charge in [0, 0.05) is 29.3 Å². The molecule has 4 nitrogen and oxygen atoms in total. The van der Waals surface area contributed by atoms with E-state index in [1.165, 1.54) is 0 Å². The molecule has 2 rings (SSSR count). The van der Waals surface area contributed by atoms with Gasteiger partial charge in [-0.3, -0.25) is 4.79 Å². The fourth-order valence-corrected chi connectivity index (χ4v) is 2.30. The number of nitrogens with one attached hydrogen (secondary N) is 1. The lowest BCUT2D eigenvalue weighted by Gasteiger charge is -2.17. The quantitative estimate of drug-likeness (QED) is 0.909. The normalized spacial score (nSPS) is 13.8. The first-order valence-electron chi connectivity index (χ1n) is 6.58. The zero-order valence-electron chi connectivity index (χ0n) is 11.6. The molecule has 0 aliphatic carbocycles. The van der Waals surface area contributed by atoms with E-state index in [-0.39, 0.29) is 18.0 Å². The van der Waals surface area contributed by atoms with Crippen molar-refractivity contribution >= 4 is 21.8 Å². The molecule has 106 valence electrons. The largest absolute Gasteiger partial charge is 0.350 e. The highest BCUT2D eigenvalue weighted by atomic mass is 79.9. The highest BCUT2D eigenvalue weighted by Crippen LogP contribution is 2.17. The van der Waals surface area contributed by atoms with Gasteiger partial charge >= 0.3 is 0 Å². The van der Waals surface area contributed by atoms with E-state index in [2.05, 4.69) is 26.2 Å². The molecular formula is C15H18BrN3O. The molecule has 1 amide bonds. The molecule has 0 aliphatic rings. The second kappa shape index (κ2) is 6.70. The number of carbonyl (C=O) groups excluding carboxylic acids is 1. The summed E-state index contributed by atoms with van der Waals surface area (Å²) in [6, 6.07) is 8.08. The minimum Gasteiger partial charge on any atom is -0.350 e. The Hall–Kier alpha value is -1.62. The van der Waals surface area contributed by atoms with Gasteiger partial charge in [0.15, 0.2) is 0 Å². The van der Waals surface area contributed by atoms with Crippen molar-refractivity contribution in [2.75, 3.05) is 0 Å². The Morgan fingerprint density at radius 2 is 2.05 bits per heavy atom. The minimum atomic E-state index is 0.00517. The molecule has 0 aliphatic heterocycles. The lowest BCUT2D eigenvalue weighted by atomic mass is 10.1. The summed E-state index contributed by atoms with van der Waals surface area (Å²) in [5.41, 5.74) is 1.09. The Morgan fingerprint density at radius 1 is 1.35 bits per heavy atom. The van der Waals surface area contributed by atoms with E-state index < -0.39 is 0 Å². The molecule has 0 spiro atoms. The van der Waals surface area contributed by atoms with Gasteiger partial charge in [0.05, 0.1) is 12.4 Å². The average Bonchev–Trinajstić information content (AvgIpc) is 2.93. The van der Waals surface area contributed by atoms with Gasteiger partial charge in [-0.15, -0.1) is 0 Å². The Kier molecular flexibility index (Phi) is 4.95. The number of amides is 1. The van der Waals surface area contributed by atoms with E-state index in [1.807, 2.05) is 48.9 Å². The van der Waals surface area contributed by atoms with Crippen molar-refractivity contribution in [3.8, 4) is 0 Å². The van der Waals surface area contributed by atoms with Gasteiger partial charge < -0.3 is 9.88 Å². The van der Waals surface area contributed by atoms with Crippen molar-refractivity contribution in [3.05, 3.63) is 53.0 Å². The number of benzene rings is 1. The van der Waals surface area contributed by atoms with Crippen molar-refractivity contribution in [2.24, 2.45) is 0 Å². The fraction of sp³-hybridized carbons (Fsp3) is 0.333. The highest BCUT2D eigenvalue weighted by Gasteiger charge is 2.13. The number of halogens is 1. The van der Waals surface area contributed by atoms with E-state index >= 15 is 0 Å². The summed E-state index contributed by atoms with van der Waals surface area (Å²) < 4.78 is 2.97. The monoisotopic (exact) mass is 335 g/mol. The zero-order chi connectivity index (χ0) is 14.5. The van der Waals surface area contributed by atoms with Crippen LogP contribution in [0, 0.1) is 0 Å². The third kappa shape index (κ3) is 3.93. The maximum Gasteiger partial charge on any atom is 0.222 e. The number of hydrogen-bond donors (Lipinski definition) is 1. The lowest BCUT2D eigenvalue weighted by molar-refractivity contribution is -0.122. The summed E-state index contributed by atoms with van der Waals surface area (Å²) in [6.45, 7) is 3.99. The van der Waals surface area contributed by atoms with Crippen LogP contribution in [0.1, 0.15) is 37.9 Å². The molecule has 0 radical (unpaired) electrons. The molecule has 1 aromatic carbocycles. The first kappa shape index (κ1) is 14.8. The summed E-state index contributed by atoms with van der Waals surface area (Å²) in [4.78, 5) is 16.0. The maximum absolute atomic E-state index is 12.0. The molecule has 1 aromatic heterocycles. The van der Waals surface area contributed by atoms with E-state index in [4.69, 9.17) is 0 Å². The maximum atomic E-state index is 12.0. The van der Waals surface area contributed by atoms with Crippen LogP contribution in [0.15, 0.2) is 47.5 Å². The number of carbonyl (C=O) groups is 1. The van der Waals surface area contributed by atoms with Gasteiger partial charge in [-0.2, -0.15) is 0 Å². The Morgan fingerprint density at radius 3 is 2.65 bits per heavy atom. The van der Waals surface area contributed by atoms with Gasteiger partial charge in [-0.05, 0) is 31.5 Å². The summed E-state index contributed by atoms with van der Waals surface area (Å²) >= 11 is 3.40. The molecule has 0 saturated heterocycles. The summed E-state index contributed by atoms with van der Waals surface area (Å²) in [5.74, 6) is 0.0432. The van der Waals surface area contributed by atoms with Gasteiger partial charge in [0.1, 0.15) is 0 Å². The van der Waals surface area contributed by atoms with Gasteiger partial charge in [-0.1, -0.05) is 28.1 Å². The Bertz CT molecular complexity index is 551. The second-order valence-electron chi connectivity index (χ2n) is 4.90. The van der Waals surface area contributed by atoms with Crippen LogP contribution in [0.4, 0.5) is 0 Å². The average molecular weight is 336 g/mol. The lowest BCUT2D eigenvalue weighted by Crippen LogP contribution is -2.28. The smallest absolute Gasteiger partial charge is 0.222 e. The number of aromatic nitrogens is 2. The molecular weight excluding hydrogens is 318 g/mol. The van der Waals surface area contributed by atoms with Gasteiger partial charge in [-0.25, -0.2) is 4.98 Å². The molecule has 0 saturated carbocycles. The van der Waals surface area contributed by atoms with Crippen LogP contribution < -0.4 is 5.32 Å². The number of imidazole rings is 1. The minimum absolute atomic E-state index is 0.00517. The first-order chi connectivity index (χ1) is 9.56. The third-order valence-corrected chi connectivity index (χ3v) is 3.79. The molecule has 2 aromatic rings. The van der Waals surface area contributed by atoms with Crippen molar-refractivity contribution < 1.29 is 4.79 Å². The van der Waals surface area contributed by atoms with E-state index in [9.17, 15) is 4.79 Å². The number of rotatable bonds is 5. The Balaban J connectivity index is 1.89. The zero-order valence-corrected chi connectivity index (χ0v) is 13.2. The van der Waals surface area contributed by atoms with E-state index in [0.717, 1.165) is 10.0 Å². The third-order valence-electron chi connectivity index (χ3n) is 3.26. The van der Waals surface area contributed by atoms with Gasteiger partial charge in [0.25, 0.3) is 0 Å². The first-order valence-corrected chi connectivity index (χ1v) is 7.38. The van der Waals surface area contributed by atoms with Crippen LogP contribution in [0.3, 0.4) is 0 Å². The number of hydrogen-bond acceptors (Lipinski definition) is 2. The fourth-order valence-electron chi connectivity index (χ4n) is 2.04. The van der Waals surface area contributed by atoms with Crippen LogP contribution in [0.25, 0.3) is 0 Å². The standard InChI is InChI=1S/C15H18BrN3O/c1-11(19-8-7-17-10-19)9-15(20)18-12(2)13-3-5-14(16)6-4-13/h3-8,10-12H,9H2,1-2H3,(H,18,20). The molecule has 1 heterocycles. The van der Waals surface area contributed by atoms with Crippen molar-refractivity contribution in [1.29, 1.82) is 0 Å². The molecule has 0 bridgehead atoms. The van der Waals surface area contributed by atoms with Crippen molar-refractivity contribution in [1.82, 2.24) is 14.9 Å². The molecule has 2 unspecified atom stereocenters. The molecule has 5 heteroatoms. The molecule has 0 fully saturated rings. The predicted molar refractivity (Wildman–Crippen MR) is 82.3 cm³/mol. The second-order valence-corrected chi connectivity index (χ2v) is 5.82. The molecule has 20 heavy (non-hydrogen) atoms. The van der Waals surface area contributed by atoms with Crippen LogP contribution >= 0.6 is 15.9 Å². The summed E-state index contributed by atoms with van der Waals surface area (Å²) in [7, 11) is 0. The van der Waals surface area contributed by atoms with E-state index in [0.29, 0.717) is 6.42 Å². The van der Waals surface area contributed by atoms with Crippen LogP contribution in [-0.2, 0) is 4.79 Å². The highest BCUT2D eigenvalue weighted by molar-refractivity contribution is 9.10. The van der Waals surface area contributed by atoms with Crippen molar-refractivity contribution in [2.45, 2.75) is 32.4 Å². The van der Waals surface area contributed by atoms with Crippen LogP contribution in [0.2, 0.25) is 0 Å². The summed E-state index contributed by atoms with van der Waals surface area (Å²) in [6.07, 6.45) is 5.77. The SMILES string of the molecule is CC(NC(=O)CC(C)n1ccnc1)c1ccc(Br)cc1. The van der Waals surface area contributed by atoms with E-state index in [1.54, 1.807) is 12.5 Å². The summed E-state index contributed by atoms with van der Waals surface area (Å²) in [5, 5.41) is 3.02. The number of nitrogens with zero attached hydrogens (tertiary/aromatic N) is 2. The van der Waals surface area contributed by atoms with Crippen LogP contribution in [-0.4, -0.2) is 15.5 Å². The predicted octanol–water partition coefficient (Wildman–Crippen LogP) is 3.47. The molecule has 2 atom stereocenters. The van der Waals surface area contributed by atoms with Gasteiger partial charge in [0.2, 0.25) is 5.91 Å². The van der Waals surface area contributed by atoms with Crippen LogP contribution in [0.5, 0.6) is 0 Å². The van der Waals surface area contributed by atoms with Crippen molar-refractivity contribution in [3.63, 3.8) is 0 Å². The topological polar surface area (TPSA) is 46.9 Å². The Labute approximate surface area is 127 Å². The molecule has 1 N–H and O–H groups in total.